The monoisotopic (exact) mass is 401 g/mol. The second-order valence-corrected chi connectivity index (χ2v) is 8.60. The fourth-order valence-electron chi connectivity index (χ4n) is 3.26. The summed E-state index contributed by atoms with van der Waals surface area (Å²) in [5, 5.41) is 3.74. The lowest BCUT2D eigenvalue weighted by Gasteiger charge is -2.27. The molecule has 2 aromatic rings. The van der Waals surface area contributed by atoms with Crippen molar-refractivity contribution in [3.05, 3.63) is 58.6 Å². The molecule has 0 bridgehead atoms. The maximum absolute atomic E-state index is 12.3. The fraction of sp³-hybridized carbons (Fsp3) is 0.435. The molecule has 0 saturated heterocycles. The molecule has 1 heterocycles. The number of ether oxygens (including phenoxy) is 2. The van der Waals surface area contributed by atoms with E-state index >= 15 is 0 Å². The van der Waals surface area contributed by atoms with Gasteiger partial charge in [0.2, 0.25) is 5.91 Å². The number of carbonyl (C=O) groups is 1. The highest BCUT2D eigenvalue weighted by atomic mass is 35.5. The Balaban J connectivity index is 1.44. The average molecular weight is 402 g/mol. The highest BCUT2D eigenvalue weighted by molar-refractivity contribution is 6.30. The van der Waals surface area contributed by atoms with Gasteiger partial charge in [-0.25, -0.2) is 0 Å². The first-order chi connectivity index (χ1) is 13.3. The molecule has 0 saturated carbocycles. The molecule has 0 aromatic heterocycles. The molecule has 28 heavy (non-hydrogen) atoms. The molecule has 0 fully saturated rings. The number of fused-ring (bicyclic) bond motifs is 1. The Labute approximate surface area is 172 Å². The molecule has 2 aromatic carbocycles. The van der Waals surface area contributed by atoms with Crippen molar-refractivity contribution in [1.82, 2.24) is 5.32 Å². The van der Waals surface area contributed by atoms with E-state index in [1.54, 1.807) is 6.07 Å². The zero-order valence-electron chi connectivity index (χ0n) is 16.8. The fourth-order valence-corrected chi connectivity index (χ4v) is 3.44. The largest absolute Gasteiger partial charge is 0.494 e. The van der Waals surface area contributed by atoms with Crippen molar-refractivity contribution in [3.63, 3.8) is 0 Å². The number of halogens is 1. The Kier molecular flexibility index (Phi) is 6.50. The van der Waals surface area contributed by atoms with Gasteiger partial charge >= 0.3 is 0 Å². The van der Waals surface area contributed by atoms with E-state index in [4.69, 9.17) is 21.1 Å². The van der Waals surface area contributed by atoms with Crippen molar-refractivity contribution in [2.45, 2.75) is 51.5 Å². The Hall–Kier alpha value is -2.20. The minimum absolute atomic E-state index is 0.0181. The molecule has 1 aliphatic heterocycles. The van der Waals surface area contributed by atoms with Gasteiger partial charge in [-0.3, -0.25) is 4.79 Å². The van der Waals surface area contributed by atoms with Gasteiger partial charge in [-0.1, -0.05) is 44.5 Å². The highest BCUT2D eigenvalue weighted by Crippen LogP contribution is 2.34. The normalized spacial score (nSPS) is 16.1. The van der Waals surface area contributed by atoms with E-state index in [9.17, 15) is 4.79 Å². The summed E-state index contributed by atoms with van der Waals surface area (Å²) in [6, 6.07) is 13.6. The quantitative estimate of drug-likeness (QED) is 0.656. The number of nitrogens with one attached hydrogen (secondary N) is 1. The first kappa shape index (κ1) is 20.5. The van der Waals surface area contributed by atoms with Gasteiger partial charge in [0.1, 0.15) is 11.5 Å². The number of carbonyl (C=O) groups excluding carboxylic acids is 1. The summed E-state index contributed by atoms with van der Waals surface area (Å²) in [6.07, 6.45) is 1.83. The van der Waals surface area contributed by atoms with Crippen LogP contribution in [-0.2, 0) is 10.2 Å². The van der Waals surface area contributed by atoms with E-state index in [0.29, 0.717) is 31.1 Å². The third-order valence-electron chi connectivity index (χ3n) is 4.88. The van der Waals surface area contributed by atoms with Gasteiger partial charge in [-0.2, -0.15) is 0 Å². The van der Waals surface area contributed by atoms with E-state index < -0.39 is 0 Å². The van der Waals surface area contributed by atoms with Crippen LogP contribution in [0, 0.1) is 0 Å². The molecule has 3 rings (SSSR count). The van der Waals surface area contributed by atoms with Crippen molar-refractivity contribution in [1.29, 1.82) is 0 Å². The topological polar surface area (TPSA) is 47.6 Å². The molecular formula is C23H28ClNO3. The summed E-state index contributed by atoms with van der Waals surface area (Å²) in [5.41, 5.74) is 2.35. The number of hydrogen-bond acceptors (Lipinski definition) is 3. The van der Waals surface area contributed by atoms with Crippen LogP contribution >= 0.6 is 11.6 Å². The van der Waals surface area contributed by atoms with Gasteiger partial charge in [0.05, 0.1) is 19.3 Å². The van der Waals surface area contributed by atoms with Crippen LogP contribution in [0.15, 0.2) is 42.5 Å². The van der Waals surface area contributed by atoms with E-state index in [1.165, 1.54) is 5.56 Å². The Bertz CT molecular complexity index is 812. The first-order valence-corrected chi connectivity index (χ1v) is 10.2. The maximum atomic E-state index is 12.3. The van der Waals surface area contributed by atoms with Gasteiger partial charge in [0, 0.05) is 23.4 Å². The van der Waals surface area contributed by atoms with Crippen LogP contribution in [0.3, 0.4) is 0 Å². The molecule has 0 spiro atoms. The van der Waals surface area contributed by atoms with Crippen LogP contribution in [0.5, 0.6) is 11.5 Å². The number of rotatable bonds is 6. The van der Waals surface area contributed by atoms with Gasteiger partial charge in [0.15, 0.2) is 0 Å². The maximum Gasteiger partial charge on any atom is 0.220 e. The zero-order chi connectivity index (χ0) is 20.1. The lowest BCUT2D eigenvalue weighted by molar-refractivity contribution is -0.122. The zero-order valence-corrected chi connectivity index (χ0v) is 17.5. The standard InChI is InChI=1S/C23H28ClNO3/c1-23(2,3)16-6-9-18(10-7-16)27-13-4-5-22(26)25-20-12-14-28-21-11-8-17(24)15-19(20)21/h6-11,15,20H,4-5,12-14H2,1-3H3,(H,25,26). The van der Waals surface area contributed by atoms with Crippen LogP contribution in [0.2, 0.25) is 5.02 Å². The van der Waals surface area contributed by atoms with Crippen molar-refractivity contribution in [2.75, 3.05) is 13.2 Å². The Morgan fingerprint density at radius 1 is 1.21 bits per heavy atom. The number of amides is 1. The molecular weight excluding hydrogens is 374 g/mol. The predicted molar refractivity (Wildman–Crippen MR) is 112 cm³/mol. The van der Waals surface area contributed by atoms with E-state index in [1.807, 2.05) is 24.3 Å². The molecule has 1 aliphatic rings. The van der Waals surface area contributed by atoms with Crippen molar-refractivity contribution in [3.8, 4) is 11.5 Å². The molecule has 1 amide bonds. The lowest BCUT2D eigenvalue weighted by atomic mass is 9.87. The molecule has 1 unspecified atom stereocenters. The third kappa shape index (κ3) is 5.41. The molecule has 1 atom stereocenters. The summed E-state index contributed by atoms with van der Waals surface area (Å²) in [4.78, 5) is 12.3. The summed E-state index contributed by atoms with van der Waals surface area (Å²) < 4.78 is 11.4. The molecule has 1 N–H and O–H groups in total. The SMILES string of the molecule is CC(C)(C)c1ccc(OCCCC(=O)NC2CCOc3ccc(Cl)cc32)cc1. The van der Waals surface area contributed by atoms with Crippen LogP contribution < -0.4 is 14.8 Å². The van der Waals surface area contributed by atoms with E-state index in [2.05, 4.69) is 38.2 Å². The minimum Gasteiger partial charge on any atom is -0.494 e. The summed E-state index contributed by atoms with van der Waals surface area (Å²) in [5.74, 6) is 1.65. The van der Waals surface area contributed by atoms with Gasteiger partial charge in [0.25, 0.3) is 0 Å². The summed E-state index contributed by atoms with van der Waals surface area (Å²) in [7, 11) is 0. The van der Waals surface area contributed by atoms with Crippen LogP contribution in [0.1, 0.15) is 57.2 Å². The molecule has 0 radical (unpaired) electrons. The van der Waals surface area contributed by atoms with Crippen molar-refractivity contribution < 1.29 is 14.3 Å². The van der Waals surface area contributed by atoms with Crippen LogP contribution in [-0.4, -0.2) is 19.1 Å². The van der Waals surface area contributed by atoms with Crippen LogP contribution in [0.25, 0.3) is 0 Å². The lowest BCUT2D eigenvalue weighted by Crippen LogP contribution is -2.32. The minimum atomic E-state index is -0.0548. The molecule has 4 nitrogen and oxygen atoms in total. The first-order valence-electron chi connectivity index (χ1n) is 9.78. The average Bonchev–Trinajstić information content (AvgIpc) is 2.65. The Morgan fingerprint density at radius 3 is 2.68 bits per heavy atom. The van der Waals surface area contributed by atoms with Gasteiger partial charge in [-0.05, 0) is 47.7 Å². The second kappa shape index (κ2) is 8.87. The third-order valence-corrected chi connectivity index (χ3v) is 5.12. The summed E-state index contributed by atoms with van der Waals surface area (Å²) in [6.45, 7) is 7.66. The Morgan fingerprint density at radius 2 is 1.96 bits per heavy atom. The number of hydrogen-bond donors (Lipinski definition) is 1. The summed E-state index contributed by atoms with van der Waals surface area (Å²) >= 11 is 6.09. The second-order valence-electron chi connectivity index (χ2n) is 8.17. The molecule has 5 heteroatoms. The highest BCUT2D eigenvalue weighted by Gasteiger charge is 2.23. The molecule has 150 valence electrons. The van der Waals surface area contributed by atoms with Crippen molar-refractivity contribution in [2.24, 2.45) is 0 Å². The van der Waals surface area contributed by atoms with E-state index in [-0.39, 0.29) is 17.4 Å². The molecule has 0 aliphatic carbocycles. The van der Waals surface area contributed by atoms with Gasteiger partial charge < -0.3 is 14.8 Å². The van der Waals surface area contributed by atoms with Crippen molar-refractivity contribution >= 4 is 17.5 Å². The van der Waals surface area contributed by atoms with Gasteiger partial charge in [-0.15, -0.1) is 0 Å². The predicted octanol–water partition coefficient (Wildman–Crippen LogP) is 5.44. The van der Waals surface area contributed by atoms with E-state index in [0.717, 1.165) is 23.5 Å². The van der Waals surface area contributed by atoms with Crippen LogP contribution in [0.4, 0.5) is 0 Å². The smallest absolute Gasteiger partial charge is 0.220 e. The number of benzene rings is 2.